The molecule has 21 heavy (non-hydrogen) atoms. The summed E-state index contributed by atoms with van der Waals surface area (Å²) in [5.41, 5.74) is 2.53. The Morgan fingerprint density at radius 2 is 2.05 bits per heavy atom. The summed E-state index contributed by atoms with van der Waals surface area (Å²) >= 11 is 0. The zero-order valence-electron chi connectivity index (χ0n) is 12.0. The fourth-order valence-corrected chi connectivity index (χ4v) is 3.07. The first kappa shape index (κ1) is 12.6. The molecule has 106 valence electrons. The van der Waals surface area contributed by atoms with Gasteiger partial charge in [0.15, 0.2) is 0 Å². The molecule has 0 unspecified atom stereocenters. The highest BCUT2D eigenvalue weighted by Crippen LogP contribution is 2.33. The molecule has 0 bridgehead atoms. The van der Waals surface area contributed by atoms with E-state index < -0.39 is 0 Å². The predicted molar refractivity (Wildman–Crippen MR) is 83.6 cm³/mol. The van der Waals surface area contributed by atoms with E-state index in [0.29, 0.717) is 11.8 Å². The van der Waals surface area contributed by atoms with Gasteiger partial charge >= 0.3 is 0 Å². The van der Waals surface area contributed by atoms with Crippen molar-refractivity contribution in [2.45, 2.75) is 19.3 Å². The van der Waals surface area contributed by atoms with Gasteiger partial charge in [-0.15, -0.1) is 0 Å². The zero-order chi connectivity index (χ0) is 14.2. The molecule has 1 aliphatic carbocycles. The first-order chi connectivity index (χ1) is 10.3. The van der Waals surface area contributed by atoms with Crippen molar-refractivity contribution in [2.24, 2.45) is 5.92 Å². The smallest absolute Gasteiger partial charge is 0.225 e. The van der Waals surface area contributed by atoms with Crippen LogP contribution in [0.25, 0.3) is 16.3 Å². The van der Waals surface area contributed by atoms with E-state index in [9.17, 15) is 4.79 Å². The lowest BCUT2D eigenvalue weighted by atomic mass is 9.96. The molecule has 0 saturated heterocycles. The Kier molecular flexibility index (Phi) is 2.99. The van der Waals surface area contributed by atoms with Crippen LogP contribution in [0.5, 0.6) is 0 Å². The van der Waals surface area contributed by atoms with Crippen LogP contribution in [0.4, 0.5) is 0 Å². The Balaban J connectivity index is 1.63. The standard InChI is InChI=1S/C18H18N2O/c21-18(14-5-6-14)20-9-7-13(8-10-20)17-12-19-11-15-3-1-2-4-16(15)17/h1-4,7,11-12,14H,5-6,8-10H2. The molecule has 0 N–H and O–H groups in total. The largest absolute Gasteiger partial charge is 0.338 e. The Bertz CT molecular complexity index is 726. The minimum atomic E-state index is 0.319. The van der Waals surface area contributed by atoms with Gasteiger partial charge in [-0.05, 0) is 30.2 Å². The van der Waals surface area contributed by atoms with Gasteiger partial charge in [0.2, 0.25) is 5.91 Å². The Hall–Kier alpha value is -2.16. The van der Waals surface area contributed by atoms with E-state index in [1.807, 2.05) is 23.4 Å². The van der Waals surface area contributed by atoms with Crippen LogP contribution in [0.3, 0.4) is 0 Å². The molecule has 3 nitrogen and oxygen atoms in total. The van der Waals surface area contributed by atoms with Crippen molar-refractivity contribution in [3.8, 4) is 0 Å². The summed E-state index contributed by atoms with van der Waals surface area (Å²) in [5.74, 6) is 0.667. The van der Waals surface area contributed by atoms with Gasteiger partial charge in [0.25, 0.3) is 0 Å². The number of fused-ring (bicyclic) bond motifs is 1. The summed E-state index contributed by atoms with van der Waals surface area (Å²) < 4.78 is 0. The summed E-state index contributed by atoms with van der Waals surface area (Å²) in [5, 5.41) is 2.42. The maximum atomic E-state index is 12.1. The maximum absolute atomic E-state index is 12.1. The van der Waals surface area contributed by atoms with Crippen molar-refractivity contribution in [3.05, 3.63) is 48.3 Å². The minimum Gasteiger partial charge on any atom is -0.338 e. The molecule has 1 amide bonds. The van der Waals surface area contributed by atoms with Gasteiger partial charge in [-0.2, -0.15) is 0 Å². The van der Waals surface area contributed by atoms with E-state index in [-0.39, 0.29) is 0 Å². The molecule has 2 heterocycles. The number of hydrogen-bond donors (Lipinski definition) is 0. The van der Waals surface area contributed by atoms with Crippen LogP contribution >= 0.6 is 0 Å². The zero-order valence-corrected chi connectivity index (χ0v) is 12.0. The monoisotopic (exact) mass is 278 g/mol. The molecule has 1 aromatic heterocycles. The number of nitrogens with zero attached hydrogens (tertiary/aromatic N) is 2. The molecule has 0 atom stereocenters. The second-order valence-corrected chi connectivity index (χ2v) is 5.95. The minimum absolute atomic E-state index is 0.319. The lowest BCUT2D eigenvalue weighted by molar-refractivity contribution is -0.132. The molecule has 0 radical (unpaired) electrons. The molecule has 3 heteroatoms. The highest BCUT2D eigenvalue weighted by molar-refractivity contribution is 5.93. The number of hydrogen-bond acceptors (Lipinski definition) is 2. The summed E-state index contributed by atoms with van der Waals surface area (Å²) in [6.07, 6.45) is 9.15. The normalized spacial score (nSPS) is 18.7. The van der Waals surface area contributed by atoms with Crippen molar-refractivity contribution in [2.75, 3.05) is 13.1 Å². The lowest BCUT2D eigenvalue weighted by Gasteiger charge is -2.27. The van der Waals surface area contributed by atoms with E-state index in [4.69, 9.17) is 0 Å². The average molecular weight is 278 g/mol. The average Bonchev–Trinajstić information content (AvgIpc) is 3.39. The Morgan fingerprint density at radius 1 is 1.19 bits per heavy atom. The van der Waals surface area contributed by atoms with E-state index in [0.717, 1.165) is 32.4 Å². The van der Waals surface area contributed by atoms with Crippen LogP contribution < -0.4 is 0 Å². The molecule has 1 aliphatic heterocycles. The number of amides is 1. The van der Waals surface area contributed by atoms with E-state index in [1.165, 1.54) is 21.9 Å². The van der Waals surface area contributed by atoms with Gasteiger partial charge in [-0.25, -0.2) is 0 Å². The molecule has 1 saturated carbocycles. The SMILES string of the molecule is O=C(C1CC1)N1CC=C(c2cncc3ccccc23)CC1. The van der Waals surface area contributed by atoms with Gasteiger partial charge in [0.1, 0.15) is 0 Å². The highest BCUT2D eigenvalue weighted by Gasteiger charge is 2.33. The third-order valence-corrected chi connectivity index (χ3v) is 4.46. The van der Waals surface area contributed by atoms with Gasteiger partial charge < -0.3 is 4.90 Å². The van der Waals surface area contributed by atoms with E-state index in [2.05, 4.69) is 29.3 Å². The van der Waals surface area contributed by atoms with E-state index in [1.54, 1.807) is 0 Å². The molecule has 2 aromatic rings. The van der Waals surface area contributed by atoms with Crippen LogP contribution in [0.2, 0.25) is 0 Å². The van der Waals surface area contributed by atoms with Crippen molar-refractivity contribution in [1.29, 1.82) is 0 Å². The number of carbonyl (C=O) groups is 1. The summed E-state index contributed by atoms with van der Waals surface area (Å²) in [6.45, 7) is 1.58. The van der Waals surface area contributed by atoms with Crippen molar-refractivity contribution in [1.82, 2.24) is 9.88 Å². The number of pyridine rings is 1. The van der Waals surface area contributed by atoms with Crippen molar-refractivity contribution < 1.29 is 4.79 Å². The number of aromatic nitrogens is 1. The van der Waals surface area contributed by atoms with Crippen LogP contribution in [0.15, 0.2) is 42.7 Å². The third kappa shape index (κ3) is 2.33. The molecular formula is C18H18N2O. The predicted octanol–water partition coefficient (Wildman–Crippen LogP) is 3.26. The first-order valence-electron chi connectivity index (χ1n) is 7.64. The molecule has 2 aliphatic rings. The fourth-order valence-electron chi connectivity index (χ4n) is 3.07. The molecule has 0 spiro atoms. The van der Waals surface area contributed by atoms with Gasteiger partial charge in [0, 0.05) is 42.4 Å². The maximum Gasteiger partial charge on any atom is 0.225 e. The van der Waals surface area contributed by atoms with Crippen LogP contribution in [-0.4, -0.2) is 28.9 Å². The molecule has 1 aromatic carbocycles. The topological polar surface area (TPSA) is 33.2 Å². The summed E-state index contributed by atoms with van der Waals surface area (Å²) in [6, 6.07) is 8.35. The van der Waals surface area contributed by atoms with Crippen LogP contribution in [0.1, 0.15) is 24.8 Å². The summed E-state index contributed by atoms with van der Waals surface area (Å²) in [7, 11) is 0. The number of carbonyl (C=O) groups excluding carboxylic acids is 1. The molecule has 1 fully saturated rings. The second kappa shape index (κ2) is 4.99. The van der Waals surface area contributed by atoms with Crippen molar-refractivity contribution >= 4 is 22.3 Å². The van der Waals surface area contributed by atoms with Gasteiger partial charge in [-0.1, -0.05) is 30.3 Å². The Morgan fingerprint density at radius 3 is 2.81 bits per heavy atom. The van der Waals surface area contributed by atoms with Crippen LogP contribution in [-0.2, 0) is 4.79 Å². The van der Waals surface area contributed by atoms with Crippen molar-refractivity contribution in [3.63, 3.8) is 0 Å². The Labute approximate surface area is 124 Å². The second-order valence-electron chi connectivity index (χ2n) is 5.95. The van der Waals surface area contributed by atoms with Gasteiger partial charge in [-0.3, -0.25) is 9.78 Å². The van der Waals surface area contributed by atoms with Crippen LogP contribution in [0, 0.1) is 5.92 Å². The lowest BCUT2D eigenvalue weighted by Crippen LogP contribution is -2.35. The van der Waals surface area contributed by atoms with Gasteiger partial charge in [0.05, 0.1) is 0 Å². The third-order valence-electron chi connectivity index (χ3n) is 4.46. The number of benzene rings is 1. The fraction of sp³-hybridized carbons (Fsp3) is 0.333. The molecule has 4 rings (SSSR count). The highest BCUT2D eigenvalue weighted by atomic mass is 16.2. The first-order valence-corrected chi connectivity index (χ1v) is 7.64. The quantitative estimate of drug-likeness (QED) is 0.844. The molecular weight excluding hydrogens is 260 g/mol. The summed E-state index contributed by atoms with van der Waals surface area (Å²) in [4.78, 5) is 18.5. The number of rotatable bonds is 2. The van der Waals surface area contributed by atoms with E-state index >= 15 is 0 Å².